The molecule has 1 aromatic rings. The fourth-order valence-electron chi connectivity index (χ4n) is 2.48. The van der Waals surface area contributed by atoms with Crippen molar-refractivity contribution in [2.45, 2.75) is 23.8 Å². The minimum Gasteiger partial charge on any atom is -0.369 e. The molecule has 0 aliphatic carbocycles. The molecule has 0 radical (unpaired) electrons. The number of hydrogen-bond donors (Lipinski definition) is 1. The summed E-state index contributed by atoms with van der Waals surface area (Å²) in [6.45, 7) is 1.89. The Bertz CT molecular complexity index is 696. The number of nitrogens with two attached hydrogens (primary N) is 1. The van der Waals surface area contributed by atoms with Crippen LogP contribution in [0.3, 0.4) is 0 Å². The molecule has 104 valence electrons. The number of carbonyl (C=O) groups excluding carboxylic acids is 1. The number of carbonyl (C=O) groups is 1. The summed E-state index contributed by atoms with van der Waals surface area (Å²) in [4.78, 5) is 18.6. The van der Waals surface area contributed by atoms with Gasteiger partial charge < -0.3 is 5.73 Å². The highest BCUT2D eigenvalue weighted by atomic mass is 32.2. The van der Waals surface area contributed by atoms with Crippen LogP contribution in [0.5, 0.6) is 0 Å². The van der Waals surface area contributed by atoms with Crippen LogP contribution in [0.25, 0.3) is 6.08 Å². The Morgan fingerprint density at radius 2 is 2.20 bits per heavy atom. The van der Waals surface area contributed by atoms with Gasteiger partial charge in [0, 0.05) is 12.5 Å². The second kappa shape index (κ2) is 4.28. The van der Waals surface area contributed by atoms with Gasteiger partial charge in [0.25, 0.3) is 0 Å². The number of rotatable bonds is 1. The van der Waals surface area contributed by atoms with Gasteiger partial charge >= 0.3 is 0 Å². The van der Waals surface area contributed by atoms with Crippen LogP contribution in [0.2, 0.25) is 0 Å². The molecule has 5 nitrogen and oxygen atoms in total. The number of nitrogens with zero attached hydrogens (tertiary/aromatic N) is 2. The lowest BCUT2D eigenvalue weighted by Crippen LogP contribution is -2.47. The summed E-state index contributed by atoms with van der Waals surface area (Å²) in [7, 11) is 0.560. The van der Waals surface area contributed by atoms with E-state index in [-0.39, 0.29) is 18.3 Å². The maximum Gasteiger partial charge on any atom is 0.231 e. The lowest BCUT2D eigenvalue weighted by Gasteiger charge is -2.33. The molecule has 0 spiro atoms. The van der Waals surface area contributed by atoms with Crippen LogP contribution in [-0.4, -0.2) is 28.0 Å². The molecule has 2 aliphatic rings. The number of guanidine groups is 1. The zero-order valence-corrected chi connectivity index (χ0v) is 12.1. The van der Waals surface area contributed by atoms with Crippen molar-refractivity contribution < 1.29 is 9.00 Å². The van der Waals surface area contributed by atoms with E-state index >= 15 is 0 Å². The van der Waals surface area contributed by atoms with Crippen molar-refractivity contribution in [1.29, 1.82) is 0 Å². The quantitative estimate of drug-likeness (QED) is 0.843. The van der Waals surface area contributed by atoms with Gasteiger partial charge in [-0.15, -0.1) is 0 Å². The minimum atomic E-state index is -1.06. The van der Waals surface area contributed by atoms with Gasteiger partial charge in [0.05, 0.1) is 27.7 Å². The molecule has 2 N–H and O–H groups in total. The summed E-state index contributed by atoms with van der Waals surface area (Å²) in [6, 6.07) is 5.64. The second-order valence-electron chi connectivity index (χ2n) is 5.23. The molecule has 0 bridgehead atoms. The average Bonchev–Trinajstić information content (AvgIpc) is 2.77. The van der Waals surface area contributed by atoms with Gasteiger partial charge in [0.15, 0.2) is 5.96 Å². The van der Waals surface area contributed by atoms with Crippen LogP contribution in [0.15, 0.2) is 33.5 Å². The topological polar surface area (TPSA) is 75.8 Å². The van der Waals surface area contributed by atoms with Gasteiger partial charge in [-0.25, -0.2) is 9.20 Å². The first-order valence-corrected chi connectivity index (χ1v) is 7.47. The zero-order chi connectivity index (χ0) is 14.5. The summed E-state index contributed by atoms with van der Waals surface area (Å²) < 4.78 is 11.7. The second-order valence-corrected chi connectivity index (χ2v) is 6.53. The molecular weight excluding hydrogens is 274 g/mol. The summed E-state index contributed by atoms with van der Waals surface area (Å²) in [5.74, 6) is 0.169. The molecule has 3 rings (SSSR count). The van der Waals surface area contributed by atoms with E-state index in [1.54, 1.807) is 12.5 Å². The highest BCUT2D eigenvalue weighted by Crippen LogP contribution is 2.35. The van der Waals surface area contributed by atoms with Crippen LogP contribution < -0.4 is 5.73 Å². The molecule has 2 atom stereocenters. The first-order chi connectivity index (χ1) is 9.40. The standard InChI is InChI=1S/C14H15N3O2S/c1-14(8-12(18)17(2)13(15)16-14)10-3-4-11-9(7-10)5-6-20(11)19/h3-7H,8H2,1-2H3,(H2,15,16)/t14-,20?/m0/s1. The number of hydrogen-bond acceptors (Lipinski definition) is 4. The summed E-state index contributed by atoms with van der Waals surface area (Å²) in [5.41, 5.74) is 6.97. The fourth-order valence-corrected chi connectivity index (χ4v) is 3.46. The Labute approximate surface area is 119 Å². The van der Waals surface area contributed by atoms with E-state index in [1.165, 1.54) is 4.90 Å². The molecule has 0 saturated carbocycles. The molecular formula is C14H15N3O2S. The maximum absolute atomic E-state index is 12.0. The van der Waals surface area contributed by atoms with Crippen LogP contribution >= 0.6 is 0 Å². The van der Waals surface area contributed by atoms with E-state index in [0.717, 1.165) is 16.0 Å². The van der Waals surface area contributed by atoms with Gasteiger partial charge in [-0.3, -0.25) is 9.69 Å². The Morgan fingerprint density at radius 3 is 2.90 bits per heavy atom. The fraction of sp³-hybridized carbons (Fsp3) is 0.286. The van der Waals surface area contributed by atoms with E-state index in [9.17, 15) is 9.00 Å². The van der Waals surface area contributed by atoms with Crippen LogP contribution in [-0.2, 0) is 21.1 Å². The van der Waals surface area contributed by atoms with Crippen LogP contribution in [0.1, 0.15) is 24.5 Å². The van der Waals surface area contributed by atoms with Gasteiger partial charge in [-0.1, -0.05) is 6.07 Å². The third-order valence-electron chi connectivity index (χ3n) is 3.79. The van der Waals surface area contributed by atoms with E-state index < -0.39 is 16.3 Å². The maximum atomic E-state index is 12.0. The monoisotopic (exact) mass is 289 g/mol. The predicted molar refractivity (Wildman–Crippen MR) is 78.2 cm³/mol. The first-order valence-electron chi connectivity index (χ1n) is 6.26. The lowest BCUT2D eigenvalue weighted by atomic mass is 9.87. The third kappa shape index (κ3) is 1.87. The Hall–Kier alpha value is -1.95. The summed E-state index contributed by atoms with van der Waals surface area (Å²) >= 11 is 0. The SMILES string of the molecule is CN1C(=O)C[C@@](C)(c2ccc3c(c2)C=CS3=O)N=C1N. The molecule has 6 heteroatoms. The molecule has 20 heavy (non-hydrogen) atoms. The molecule has 2 aliphatic heterocycles. The van der Waals surface area contributed by atoms with Crippen LogP contribution in [0.4, 0.5) is 0 Å². The smallest absolute Gasteiger partial charge is 0.231 e. The summed E-state index contributed by atoms with van der Waals surface area (Å²) in [6.07, 6.45) is 2.11. The largest absolute Gasteiger partial charge is 0.369 e. The molecule has 1 amide bonds. The molecule has 2 heterocycles. The van der Waals surface area contributed by atoms with Crippen molar-refractivity contribution in [3.05, 3.63) is 34.7 Å². The Balaban J connectivity index is 2.07. The van der Waals surface area contributed by atoms with Crippen molar-refractivity contribution in [1.82, 2.24) is 4.90 Å². The minimum absolute atomic E-state index is 0.0559. The number of fused-ring (bicyclic) bond motifs is 1. The van der Waals surface area contributed by atoms with Crippen LogP contribution in [0, 0.1) is 0 Å². The number of aliphatic imine (C=N–C) groups is 1. The zero-order valence-electron chi connectivity index (χ0n) is 11.3. The van der Waals surface area contributed by atoms with Crippen molar-refractivity contribution in [3.8, 4) is 0 Å². The Kier molecular flexibility index (Phi) is 2.79. The number of benzene rings is 1. The highest BCUT2D eigenvalue weighted by Gasteiger charge is 2.36. The highest BCUT2D eigenvalue weighted by molar-refractivity contribution is 7.88. The molecule has 1 unspecified atom stereocenters. The van der Waals surface area contributed by atoms with E-state index in [4.69, 9.17) is 5.73 Å². The van der Waals surface area contributed by atoms with Crippen molar-refractivity contribution >= 4 is 28.7 Å². The van der Waals surface area contributed by atoms with E-state index in [1.807, 2.05) is 31.2 Å². The third-order valence-corrected chi connectivity index (χ3v) is 4.98. The van der Waals surface area contributed by atoms with E-state index in [2.05, 4.69) is 4.99 Å². The normalized spacial score (nSPS) is 28.5. The first kappa shape index (κ1) is 13.1. The van der Waals surface area contributed by atoms with Gasteiger partial charge in [0.2, 0.25) is 5.91 Å². The van der Waals surface area contributed by atoms with Gasteiger partial charge in [-0.2, -0.15) is 0 Å². The van der Waals surface area contributed by atoms with Gasteiger partial charge in [-0.05, 0) is 36.3 Å². The van der Waals surface area contributed by atoms with Crippen molar-refractivity contribution in [2.75, 3.05) is 7.05 Å². The van der Waals surface area contributed by atoms with Crippen molar-refractivity contribution in [3.63, 3.8) is 0 Å². The summed E-state index contributed by atoms with van der Waals surface area (Å²) in [5, 5.41) is 1.66. The lowest BCUT2D eigenvalue weighted by molar-refractivity contribution is -0.128. The van der Waals surface area contributed by atoms with E-state index in [0.29, 0.717) is 0 Å². The molecule has 0 aromatic heterocycles. The number of amides is 1. The molecule has 0 saturated heterocycles. The molecule has 1 aromatic carbocycles. The Morgan fingerprint density at radius 1 is 1.45 bits per heavy atom. The predicted octanol–water partition coefficient (Wildman–Crippen LogP) is 1.17. The van der Waals surface area contributed by atoms with Gasteiger partial charge in [0.1, 0.15) is 0 Å². The molecule has 0 fully saturated rings. The average molecular weight is 289 g/mol. The van der Waals surface area contributed by atoms with Crippen molar-refractivity contribution in [2.24, 2.45) is 10.7 Å².